The monoisotopic (exact) mass is 219 g/mol. The van der Waals surface area contributed by atoms with Crippen LogP contribution < -0.4 is 5.73 Å². The number of hydrogen-bond acceptors (Lipinski definition) is 2. The Balaban J connectivity index is 1.99. The van der Waals surface area contributed by atoms with Gasteiger partial charge in [0.1, 0.15) is 17.2 Å². The Bertz CT molecular complexity index is 518. The van der Waals surface area contributed by atoms with E-state index in [1.54, 1.807) is 6.07 Å². The van der Waals surface area contributed by atoms with Gasteiger partial charge in [-0.2, -0.15) is 0 Å². The largest absolute Gasteiger partial charge is 0.461 e. The molecule has 2 unspecified atom stereocenters. The van der Waals surface area contributed by atoms with E-state index >= 15 is 0 Å². The molecule has 0 amide bonds. The molecule has 1 aliphatic rings. The summed E-state index contributed by atoms with van der Waals surface area (Å²) in [5.74, 6) is 1.71. The molecule has 84 valence electrons. The molecule has 2 aromatic rings. The number of furan rings is 1. The molecule has 3 rings (SSSR count). The summed E-state index contributed by atoms with van der Waals surface area (Å²) in [6.45, 7) is 0.704. The molecule has 0 aliphatic heterocycles. The van der Waals surface area contributed by atoms with Crippen LogP contribution in [0.5, 0.6) is 0 Å². The first-order valence-corrected chi connectivity index (χ1v) is 5.67. The molecule has 1 saturated carbocycles. The van der Waals surface area contributed by atoms with Crippen LogP contribution in [-0.4, -0.2) is 6.54 Å². The summed E-state index contributed by atoms with van der Waals surface area (Å²) >= 11 is 0. The molecular weight excluding hydrogens is 205 g/mol. The average Bonchev–Trinajstić information content (AvgIpc) is 2.58. The van der Waals surface area contributed by atoms with Gasteiger partial charge in [0.2, 0.25) is 0 Å². The molecule has 1 aliphatic carbocycles. The standard InChI is InChI=1S/C13H14FNO/c14-10-2-4-12-9(5-10)6-13(16-12)11-3-1-8(11)7-15/h2,4-6,8,11H,1,3,7,15H2. The van der Waals surface area contributed by atoms with Crippen LogP contribution in [0.15, 0.2) is 28.7 Å². The van der Waals surface area contributed by atoms with Crippen LogP contribution in [0.25, 0.3) is 11.0 Å². The number of fused-ring (bicyclic) bond motifs is 1. The first kappa shape index (κ1) is 9.85. The Kier molecular flexibility index (Phi) is 2.21. The number of nitrogens with two attached hydrogens (primary N) is 1. The Morgan fingerprint density at radius 3 is 2.88 bits per heavy atom. The molecule has 2 atom stereocenters. The van der Waals surface area contributed by atoms with E-state index in [9.17, 15) is 4.39 Å². The van der Waals surface area contributed by atoms with Crippen LogP contribution in [0, 0.1) is 11.7 Å². The van der Waals surface area contributed by atoms with Crippen LogP contribution in [-0.2, 0) is 0 Å². The van der Waals surface area contributed by atoms with Crippen molar-refractivity contribution in [1.29, 1.82) is 0 Å². The molecular formula is C13H14FNO. The average molecular weight is 219 g/mol. The molecule has 16 heavy (non-hydrogen) atoms. The highest BCUT2D eigenvalue weighted by Gasteiger charge is 2.33. The smallest absolute Gasteiger partial charge is 0.134 e. The van der Waals surface area contributed by atoms with Crippen LogP contribution in [0.1, 0.15) is 24.5 Å². The molecule has 3 heteroatoms. The van der Waals surface area contributed by atoms with Gasteiger partial charge in [-0.25, -0.2) is 4.39 Å². The summed E-state index contributed by atoms with van der Waals surface area (Å²) in [4.78, 5) is 0. The van der Waals surface area contributed by atoms with Crippen molar-refractivity contribution in [1.82, 2.24) is 0 Å². The third-order valence-corrected chi connectivity index (χ3v) is 3.58. The van der Waals surface area contributed by atoms with E-state index in [1.165, 1.54) is 18.6 Å². The Morgan fingerprint density at radius 1 is 1.31 bits per heavy atom. The molecule has 1 heterocycles. The maximum absolute atomic E-state index is 13.0. The quantitative estimate of drug-likeness (QED) is 0.843. The lowest BCUT2D eigenvalue weighted by molar-refractivity contribution is 0.233. The van der Waals surface area contributed by atoms with Gasteiger partial charge in [-0.3, -0.25) is 0 Å². The second-order valence-electron chi connectivity index (χ2n) is 4.51. The van der Waals surface area contributed by atoms with Gasteiger partial charge in [0.05, 0.1) is 0 Å². The Labute approximate surface area is 93.2 Å². The summed E-state index contributed by atoms with van der Waals surface area (Å²) in [6, 6.07) is 6.57. The van der Waals surface area contributed by atoms with Crippen molar-refractivity contribution in [3.05, 3.63) is 35.8 Å². The molecule has 1 aromatic heterocycles. The van der Waals surface area contributed by atoms with Crippen LogP contribution in [0.4, 0.5) is 4.39 Å². The highest BCUT2D eigenvalue weighted by molar-refractivity contribution is 5.78. The molecule has 0 saturated heterocycles. The number of benzene rings is 1. The Morgan fingerprint density at radius 2 is 2.19 bits per heavy atom. The molecule has 0 bridgehead atoms. The highest BCUT2D eigenvalue weighted by Crippen LogP contribution is 2.43. The summed E-state index contributed by atoms with van der Waals surface area (Å²) in [5, 5.41) is 0.845. The topological polar surface area (TPSA) is 39.2 Å². The normalized spacial score (nSPS) is 24.6. The predicted molar refractivity (Wildman–Crippen MR) is 60.7 cm³/mol. The molecule has 1 aromatic carbocycles. The summed E-state index contributed by atoms with van der Waals surface area (Å²) in [6.07, 6.45) is 2.30. The summed E-state index contributed by atoms with van der Waals surface area (Å²) in [5.41, 5.74) is 6.44. The van der Waals surface area contributed by atoms with E-state index in [4.69, 9.17) is 10.2 Å². The Hall–Kier alpha value is -1.35. The minimum absolute atomic E-state index is 0.219. The molecule has 0 radical (unpaired) electrons. The van der Waals surface area contributed by atoms with Crippen LogP contribution >= 0.6 is 0 Å². The minimum Gasteiger partial charge on any atom is -0.461 e. The number of rotatable bonds is 2. The van der Waals surface area contributed by atoms with Crippen molar-refractivity contribution in [2.75, 3.05) is 6.54 Å². The fourth-order valence-corrected chi connectivity index (χ4v) is 2.44. The maximum Gasteiger partial charge on any atom is 0.134 e. The molecule has 0 spiro atoms. The van der Waals surface area contributed by atoms with Crippen LogP contribution in [0.2, 0.25) is 0 Å². The third kappa shape index (κ3) is 1.43. The number of hydrogen-bond donors (Lipinski definition) is 1. The van der Waals surface area contributed by atoms with E-state index in [2.05, 4.69) is 0 Å². The van der Waals surface area contributed by atoms with E-state index in [-0.39, 0.29) is 5.82 Å². The third-order valence-electron chi connectivity index (χ3n) is 3.58. The van der Waals surface area contributed by atoms with Crippen molar-refractivity contribution in [3.8, 4) is 0 Å². The lowest BCUT2D eigenvalue weighted by Crippen LogP contribution is -2.30. The summed E-state index contributed by atoms with van der Waals surface area (Å²) < 4.78 is 18.8. The maximum atomic E-state index is 13.0. The van der Waals surface area contributed by atoms with Crippen molar-refractivity contribution < 1.29 is 8.81 Å². The number of halogens is 1. The van der Waals surface area contributed by atoms with Crippen molar-refractivity contribution in [2.45, 2.75) is 18.8 Å². The molecule has 1 fully saturated rings. The van der Waals surface area contributed by atoms with Gasteiger partial charge in [-0.15, -0.1) is 0 Å². The zero-order chi connectivity index (χ0) is 11.1. The van der Waals surface area contributed by atoms with Gasteiger partial charge in [0, 0.05) is 11.3 Å². The van der Waals surface area contributed by atoms with Gasteiger partial charge in [0.15, 0.2) is 0 Å². The lowest BCUT2D eigenvalue weighted by Gasteiger charge is -2.34. The van der Waals surface area contributed by atoms with Gasteiger partial charge in [-0.05, 0) is 49.6 Å². The first-order chi connectivity index (χ1) is 7.78. The SMILES string of the molecule is NCC1CCC1c1cc2cc(F)ccc2o1. The highest BCUT2D eigenvalue weighted by atomic mass is 19.1. The molecule has 2 N–H and O–H groups in total. The first-order valence-electron chi connectivity index (χ1n) is 5.67. The van der Waals surface area contributed by atoms with Gasteiger partial charge >= 0.3 is 0 Å². The summed E-state index contributed by atoms with van der Waals surface area (Å²) in [7, 11) is 0. The van der Waals surface area contributed by atoms with Gasteiger partial charge in [0.25, 0.3) is 0 Å². The molecule has 2 nitrogen and oxygen atoms in total. The van der Waals surface area contributed by atoms with Gasteiger partial charge in [-0.1, -0.05) is 0 Å². The lowest BCUT2D eigenvalue weighted by atomic mass is 9.72. The minimum atomic E-state index is -0.219. The fourth-order valence-electron chi connectivity index (χ4n) is 2.44. The van der Waals surface area contributed by atoms with Crippen molar-refractivity contribution >= 4 is 11.0 Å². The predicted octanol–water partition coefficient (Wildman–Crippen LogP) is 3.02. The fraction of sp³-hybridized carbons (Fsp3) is 0.385. The van der Waals surface area contributed by atoms with E-state index in [0.29, 0.717) is 18.4 Å². The van der Waals surface area contributed by atoms with Crippen molar-refractivity contribution in [3.63, 3.8) is 0 Å². The van der Waals surface area contributed by atoms with E-state index < -0.39 is 0 Å². The van der Waals surface area contributed by atoms with E-state index in [0.717, 1.165) is 23.2 Å². The zero-order valence-corrected chi connectivity index (χ0v) is 8.95. The second-order valence-corrected chi connectivity index (χ2v) is 4.51. The van der Waals surface area contributed by atoms with Gasteiger partial charge < -0.3 is 10.2 Å². The van der Waals surface area contributed by atoms with E-state index in [1.807, 2.05) is 6.07 Å². The van der Waals surface area contributed by atoms with Crippen molar-refractivity contribution in [2.24, 2.45) is 11.7 Å². The zero-order valence-electron chi connectivity index (χ0n) is 8.95. The second kappa shape index (κ2) is 3.59. The van der Waals surface area contributed by atoms with Crippen LogP contribution in [0.3, 0.4) is 0 Å².